The van der Waals surface area contributed by atoms with E-state index >= 15 is 0 Å². The maximum atomic E-state index is 4.22. The van der Waals surface area contributed by atoms with E-state index in [1.165, 1.54) is 18.4 Å². The van der Waals surface area contributed by atoms with Crippen molar-refractivity contribution in [3.05, 3.63) is 30.1 Å². The predicted molar refractivity (Wildman–Crippen MR) is 62.8 cm³/mol. The molecule has 82 valence electrons. The zero-order valence-electron chi connectivity index (χ0n) is 9.61. The van der Waals surface area contributed by atoms with Gasteiger partial charge in [-0.25, -0.2) is 0 Å². The van der Waals surface area contributed by atoms with Crippen LogP contribution < -0.4 is 5.32 Å². The van der Waals surface area contributed by atoms with Crippen LogP contribution in [0.1, 0.15) is 38.2 Å². The highest BCUT2D eigenvalue weighted by Gasteiger charge is 2.28. The number of aromatic nitrogens is 1. The Labute approximate surface area is 92.1 Å². The van der Waals surface area contributed by atoms with Crippen LogP contribution in [0.25, 0.3) is 0 Å². The fraction of sp³-hybridized carbons (Fsp3) is 0.615. The van der Waals surface area contributed by atoms with E-state index in [-0.39, 0.29) is 0 Å². The van der Waals surface area contributed by atoms with Crippen LogP contribution in [-0.2, 0) is 0 Å². The minimum atomic E-state index is 0.647. The zero-order valence-corrected chi connectivity index (χ0v) is 9.61. The molecule has 1 aliphatic rings. The lowest BCUT2D eigenvalue weighted by molar-refractivity contribution is 0.433. The van der Waals surface area contributed by atoms with Crippen molar-refractivity contribution in [3.8, 4) is 0 Å². The highest BCUT2D eigenvalue weighted by Crippen LogP contribution is 2.30. The van der Waals surface area contributed by atoms with Gasteiger partial charge in [-0.1, -0.05) is 19.9 Å². The largest absolute Gasteiger partial charge is 0.313 e. The molecule has 0 amide bonds. The third-order valence-electron chi connectivity index (χ3n) is 3.19. The quantitative estimate of drug-likeness (QED) is 0.818. The number of hydrogen-bond acceptors (Lipinski definition) is 2. The lowest BCUT2D eigenvalue weighted by Crippen LogP contribution is -2.27. The molecule has 2 heteroatoms. The first-order chi connectivity index (χ1) is 7.27. The first kappa shape index (κ1) is 10.6. The number of pyridine rings is 1. The molecule has 1 N–H and O–H groups in total. The molecule has 2 nitrogen and oxygen atoms in total. The summed E-state index contributed by atoms with van der Waals surface area (Å²) < 4.78 is 0. The van der Waals surface area contributed by atoms with Crippen LogP contribution in [-0.4, -0.2) is 17.6 Å². The Kier molecular flexibility index (Phi) is 3.37. The Bertz CT molecular complexity index is 295. The van der Waals surface area contributed by atoms with Crippen molar-refractivity contribution >= 4 is 0 Å². The van der Waals surface area contributed by atoms with Gasteiger partial charge < -0.3 is 5.32 Å². The van der Waals surface area contributed by atoms with Crippen molar-refractivity contribution in [1.29, 1.82) is 0 Å². The van der Waals surface area contributed by atoms with Gasteiger partial charge in [0.25, 0.3) is 0 Å². The van der Waals surface area contributed by atoms with Gasteiger partial charge >= 0.3 is 0 Å². The number of hydrogen-bond donors (Lipinski definition) is 1. The van der Waals surface area contributed by atoms with Crippen LogP contribution in [0.4, 0.5) is 0 Å². The lowest BCUT2D eigenvalue weighted by Gasteiger charge is -2.21. The summed E-state index contributed by atoms with van der Waals surface area (Å²) in [4.78, 5) is 4.22. The third kappa shape index (κ3) is 2.57. The molecule has 15 heavy (non-hydrogen) atoms. The molecule has 2 rings (SSSR count). The third-order valence-corrected chi connectivity index (χ3v) is 3.19. The summed E-state index contributed by atoms with van der Waals surface area (Å²) in [6, 6.07) is 4.90. The Morgan fingerprint density at radius 2 is 2.40 bits per heavy atom. The van der Waals surface area contributed by atoms with Crippen LogP contribution in [0.5, 0.6) is 0 Å². The van der Waals surface area contributed by atoms with Gasteiger partial charge in [0.05, 0.1) is 0 Å². The topological polar surface area (TPSA) is 24.9 Å². The predicted octanol–water partition coefficient (Wildman–Crippen LogP) is 2.57. The summed E-state index contributed by atoms with van der Waals surface area (Å²) >= 11 is 0. The minimum Gasteiger partial charge on any atom is -0.313 e. The van der Waals surface area contributed by atoms with Crippen molar-refractivity contribution < 1.29 is 0 Å². The van der Waals surface area contributed by atoms with E-state index in [0.29, 0.717) is 12.0 Å². The van der Waals surface area contributed by atoms with E-state index in [4.69, 9.17) is 0 Å². The second-order valence-corrected chi connectivity index (χ2v) is 4.87. The van der Waals surface area contributed by atoms with Crippen molar-refractivity contribution in [2.24, 2.45) is 5.92 Å². The van der Waals surface area contributed by atoms with Gasteiger partial charge in [-0.15, -0.1) is 0 Å². The molecular weight excluding hydrogens is 184 g/mol. The molecule has 0 radical (unpaired) electrons. The molecule has 1 fully saturated rings. The molecule has 2 unspecified atom stereocenters. The summed E-state index contributed by atoms with van der Waals surface area (Å²) in [5.41, 5.74) is 1.40. The van der Waals surface area contributed by atoms with Crippen molar-refractivity contribution in [1.82, 2.24) is 10.3 Å². The number of nitrogens with zero attached hydrogens (tertiary/aromatic N) is 1. The van der Waals surface area contributed by atoms with Gasteiger partial charge in [-0.05, 0) is 36.9 Å². The second-order valence-electron chi connectivity index (χ2n) is 4.87. The normalized spacial score (nSPS) is 26.1. The van der Waals surface area contributed by atoms with Crippen LogP contribution in [0, 0.1) is 5.92 Å². The summed E-state index contributed by atoms with van der Waals surface area (Å²) in [6.45, 7) is 5.73. The summed E-state index contributed by atoms with van der Waals surface area (Å²) in [6.07, 6.45) is 6.39. The molecule has 2 heterocycles. The van der Waals surface area contributed by atoms with E-state index in [1.54, 1.807) is 0 Å². The van der Waals surface area contributed by atoms with Crippen LogP contribution >= 0.6 is 0 Å². The van der Waals surface area contributed by atoms with E-state index < -0.39 is 0 Å². The van der Waals surface area contributed by atoms with Crippen molar-refractivity contribution in [3.63, 3.8) is 0 Å². The van der Waals surface area contributed by atoms with Crippen LogP contribution in [0.3, 0.4) is 0 Å². The Balaban J connectivity index is 2.08. The van der Waals surface area contributed by atoms with E-state index in [1.807, 2.05) is 18.5 Å². The monoisotopic (exact) mass is 204 g/mol. The summed E-state index contributed by atoms with van der Waals surface area (Å²) in [5, 5.41) is 3.61. The fourth-order valence-electron chi connectivity index (χ4n) is 2.52. The SMILES string of the molecule is CC(C)CC1NCCC1c1cccnc1. The first-order valence-electron chi connectivity index (χ1n) is 5.90. The molecule has 1 aromatic rings. The van der Waals surface area contributed by atoms with E-state index in [9.17, 15) is 0 Å². The minimum absolute atomic E-state index is 0.647. The summed E-state index contributed by atoms with van der Waals surface area (Å²) in [5.74, 6) is 1.43. The van der Waals surface area contributed by atoms with Gasteiger partial charge in [0.2, 0.25) is 0 Å². The molecular formula is C13H20N2. The van der Waals surface area contributed by atoms with Crippen molar-refractivity contribution in [2.45, 2.75) is 38.6 Å². The van der Waals surface area contributed by atoms with E-state index in [0.717, 1.165) is 12.5 Å². The smallest absolute Gasteiger partial charge is 0.0303 e. The molecule has 0 spiro atoms. The zero-order chi connectivity index (χ0) is 10.7. The highest BCUT2D eigenvalue weighted by molar-refractivity contribution is 5.18. The van der Waals surface area contributed by atoms with Gasteiger partial charge in [0, 0.05) is 24.4 Å². The number of rotatable bonds is 3. The Morgan fingerprint density at radius 1 is 1.53 bits per heavy atom. The molecule has 1 aliphatic heterocycles. The molecule has 0 aromatic carbocycles. The average molecular weight is 204 g/mol. The molecule has 1 aromatic heterocycles. The summed E-state index contributed by atoms with van der Waals surface area (Å²) in [7, 11) is 0. The average Bonchev–Trinajstić information content (AvgIpc) is 2.66. The lowest BCUT2D eigenvalue weighted by atomic mass is 9.88. The van der Waals surface area contributed by atoms with Crippen LogP contribution in [0.2, 0.25) is 0 Å². The maximum absolute atomic E-state index is 4.22. The first-order valence-corrected chi connectivity index (χ1v) is 5.90. The standard InChI is InChI=1S/C13H20N2/c1-10(2)8-13-12(5-7-15-13)11-4-3-6-14-9-11/h3-4,6,9-10,12-13,15H,5,7-8H2,1-2H3. The number of nitrogens with one attached hydrogen (secondary N) is 1. The maximum Gasteiger partial charge on any atom is 0.0303 e. The van der Waals surface area contributed by atoms with Crippen LogP contribution in [0.15, 0.2) is 24.5 Å². The van der Waals surface area contributed by atoms with E-state index in [2.05, 4.69) is 30.2 Å². The van der Waals surface area contributed by atoms with Gasteiger partial charge in [0.15, 0.2) is 0 Å². The fourth-order valence-corrected chi connectivity index (χ4v) is 2.52. The molecule has 0 bridgehead atoms. The molecule has 2 atom stereocenters. The van der Waals surface area contributed by atoms with Gasteiger partial charge in [-0.3, -0.25) is 4.98 Å². The van der Waals surface area contributed by atoms with Gasteiger partial charge in [-0.2, -0.15) is 0 Å². The Hall–Kier alpha value is -0.890. The Morgan fingerprint density at radius 3 is 3.07 bits per heavy atom. The van der Waals surface area contributed by atoms with Crippen molar-refractivity contribution in [2.75, 3.05) is 6.54 Å². The molecule has 1 saturated heterocycles. The molecule has 0 aliphatic carbocycles. The highest BCUT2D eigenvalue weighted by atomic mass is 15.0. The second kappa shape index (κ2) is 4.75. The van der Waals surface area contributed by atoms with Gasteiger partial charge in [0.1, 0.15) is 0 Å². The molecule has 0 saturated carbocycles.